The summed E-state index contributed by atoms with van der Waals surface area (Å²) in [6, 6.07) is 13.5. The van der Waals surface area contributed by atoms with Gasteiger partial charge in [0.15, 0.2) is 0 Å². The minimum atomic E-state index is -0.337. The number of amides is 3. The van der Waals surface area contributed by atoms with Gasteiger partial charge >= 0.3 is 0 Å². The molecule has 4 rings (SSSR count). The van der Waals surface area contributed by atoms with E-state index in [0.29, 0.717) is 5.69 Å². The first-order valence-corrected chi connectivity index (χ1v) is 8.77. The molecule has 1 saturated heterocycles. The fourth-order valence-electron chi connectivity index (χ4n) is 4.00. The van der Waals surface area contributed by atoms with Crippen molar-refractivity contribution in [3.63, 3.8) is 0 Å². The molecule has 1 heterocycles. The van der Waals surface area contributed by atoms with Crippen LogP contribution in [0.4, 0.5) is 5.69 Å². The van der Waals surface area contributed by atoms with Gasteiger partial charge in [0.25, 0.3) is 0 Å². The lowest BCUT2D eigenvalue weighted by atomic mass is 9.81. The van der Waals surface area contributed by atoms with Gasteiger partial charge in [-0.05, 0) is 35.7 Å². The van der Waals surface area contributed by atoms with Crippen LogP contribution in [0.2, 0.25) is 0 Å². The van der Waals surface area contributed by atoms with Crippen molar-refractivity contribution >= 4 is 34.2 Å². The van der Waals surface area contributed by atoms with E-state index < -0.39 is 0 Å². The maximum Gasteiger partial charge on any atom is 0.244 e. The number of hydrogen-bond donors (Lipinski definition) is 1. The number of rotatable bonds is 3. The maximum absolute atomic E-state index is 12.4. The molecule has 5 nitrogen and oxygen atoms in total. The van der Waals surface area contributed by atoms with E-state index in [9.17, 15) is 14.4 Å². The van der Waals surface area contributed by atoms with Gasteiger partial charge in [-0.1, -0.05) is 43.2 Å². The highest BCUT2D eigenvalue weighted by Gasteiger charge is 2.48. The Morgan fingerprint density at radius 3 is 2.28 bits per heavy atom. The molecule has 0 spiro atoms. The number of fused-ring (bicyclic) bond motifs is 2. The van der Waals surface area contributed by atoms with Crippen molar-refractivity contribution in [2.75, 3.05) is 11.9 Å². The van der Waals surface area contributed by atoms with Gasteiger partial charge in [0, 0.05) is 5.69 Å². The number of carbonyl (C=O) groups is 3. The Labute approximate surface area is 146 Å². The van der Waals surface area contributed by atoms with Crippen LogP contribution in [0.15, 0.2) is 42.5 Å². The van der Waals surface area contributed by atoms with Crippen LogP contribution in [0.3, 0.4) is 0 Å². The Hall–Kier alpha value is -2.69. The minimum Gasteiger partial charge on any atom is -0.325 e. The number of anilines is 1. The van der Waals surface area contributed by atoms with Gasteiger partial charge in [-0.2, -0.15) is 0 Å². The van der Waals surface area contributed by atoms with Gasteiger partial charge in [-0.15, -0.1) is 0 Å². The largest absolute Gasteiger partial charge is 0.325 e. The molecule has 0 unspecified atom stereocenters. The van der Waals surface area contributed by atoms with Gasteiger partial charge in [0.05, 0.1) is 11.8 Å². The predicted octanol–water partition coefficient (Wildman–Crippen LogP) is 2.95. The van der Waals surface area contributed by atoms with Crippen LogP contribution in [0, 0.1) is 11.8 Å². The van der Waals surface area contributed by atoms with Crippen molar-refractivity contribution in [1.82, 2.24) is 4.90 Å². The molecule has 0 aromatic heterocycles. The Bertz CT molecular complexity index is 837. The molecule has 2 atom stereocenters. The number of likely N-dealkylation sites (tertiary alicyclic amines) is 1. The van der Waals surface area contributed by atoms with Crippen molar-refractivity contribution < 1.29 is 14.4 Å². The summed E-state index contributed by atoms with van der Waals surface area (Å²) in [5.41, 5.74) is 0.667. The molecule has 2 aliphatic rings. The van der Waals surface area contributed by atoms with E-state index in [-0.39, 0.29) is 36.1 Å². The lowest BCUT2D eigenvalue weighted by Gasteiger charge is -2.19. The lowest BCUT2D eigenvalue weighted by molar-refractivity contribution is -0.142. The second-order valence-corrected chi connectivity index (χ2v) is 6.87. The number of imide groups is 1. The van der Waals surface area contributed by atoms with E-state index >= 15 is 0 Å². The van der Waals surface area contributed by atoms with Crippen molar-refractivity contribution in [2.24, 2.45) is 11.8 Å². The molecule has 2 fully saturated rings. The highest BCUT2D eigenvalue weighted by atomic mass is 16.2. The molecule has 1 saturated carbocycles. The first-order chi connectivity index (χ1) is 12.1. The molecule has 3 amide bonds. The molecule has 1 aliphatic heterocycles. The molecule has 128 valence electrons. The molecule has 1 aliphatic carbocycles. The molecule has 2 aromatic carbocycles. The van der Waals surface area contributed by atoms with E-state index in [2.05, 4.69) is 5.32 Å². The van der Waals surface area contributed by atoms with Gasteiger partial charge in [-0.3, -0.25) is 19.3 Å². The Morgan fingerprint density at radius 2 is 1.60 bits per heavy atom. The van der Waals surface area contributed by atoms with E-state index in [1.165, 1.54) is 0 Å². The second kappa shape index (κ2) is 6.31. The molecule has 2 aromatic rings. The number of benzene rings is 2. The standard InChI is InChI=1S/C20H20N2O3/c23-18(21-15-10-9-13-5-1-2-6-14(13)11-15)12-22-19(24)16-7-3-4-8-17(16)20(22)25/h1-2,5-6,9-11,16-17H,3-4,7-8,12H2,(H,21,23)/t16-,17+. The summed E-state index contributed by atoms with van der Waals surface area (Å²) < 4.78 is 0. The molecule has 5 heteroatoms. The zero-order valence-corrected chi connectivity index (χ0v) is 13.9. The van der Waals surface area contributed by atoms with Crippen LogP contribution in [-0.4, -0.2) is 29.2 Å². The molecule has 25 heavy (non-hydrogen) atoms. The Morgan fingerprint density at radius 1 is 0.960 bits per heavy atom. The zero-order chi connectivity index (χ0) is 17.4. The summed E-state index contributed by atoms with van der Waals surface area (Å²) in [7, 11) is 0. The number of carbonyl (C=O) groups excluding carboxylic acids is 3. The Balaban J connectivity index is 1.46. The topological polar surface area (TPSA) is 66.5 Å². The molecule has 0 radical (unpaired) electrons. The first kappa shape index (κ1) is 15.8. The molecule has 0 bridgehead atoms. The summed E-state index contributed by atoms with van der Waals surface area (Å²) in [5, 5.41) is 4.92. The van der Waals surface area contributed by atoms with Crippen LogP contribution in [0.5, 0.6) is 0 Å². The van der Waals surface area contributed by atoms with E-state index in [1.54, 1.807) is 0 Å². The monoisotopic (exact) mass is 336 g/mol. The van der Waals surface area contributed by atoms with Crippen LogP contribution < -0.4 is 5.32 Å². The molecular weight excluding hydrogens is 316 g/mol. The first-order valence-electron chi connectivity index (χ1n) is 8.77. The SMILES string of the molecule is O=C(CN1C(=O)[C@H]2CCCC[C@H]2C1=O)Nc1ccc2ccccc2c1. The summed E-state index contributed by atoms with van der Waals surface area (Å²) >= 11 is 0. The van der Waals surface area contributed by atoms with Gasteiger partial charge in [-0.25, -0.2) is 0 Å². The summed E-state index contributed by atoms with van der Waals surface area (Å²) in [6.45, 7) is -0.197. The third-order valence-electron chi connectivity index (χ3n) is 5.27. The van der Waals surface area contributed by atoms with Gasteiger partial charge in [0.2, 0.25) is 17.7 Å². The number of hydrogen-bond acceptors (Lipinski definition) is 3. The van der Waals surface area contributed by atoms with Crippen LogP contribution in [0.1, 0.15) is 25.7 Å². The van der Waals surface area contributed by atoms with Crippen molar-refractivity contribution in [3.8, 4) is 0 Å². The average Bonchev–Trinajstić information content (AvgIpc) is 2.87. The predicted molar refractivity (Wildman–Crippen MR) is 94.7 cm³/mol. The molecular formula is C20H20N2O3. The number of nitrogens with zero attached hydrogens (tertiary/aromatic N) is 1. The normalized spacial score (nSPS) is 23.0. The summed E-state index contributed by atoms with van der Waals surface area (Å²) in [4.78, 5) is 38.4. The van der Waals surface area contributed by atoms with E-state index in [4.69, 9.17) is 0 Å². The van der Waals surface area contributed by atoms with Crippen LogP contribution in [-0.2, 0) is 14.4 Å². The molecule has 1 N–H and O–H groups in total. The van der Waals surface area contributed by atoms with Gasteiger partial charge in [0.1, 0.15) is 6.54 Å². The average molecular weight is 336 g/mol. The van der Waals surface area contributed by atoms with E-state index in [1.807, 2.05) is 42.5 Å². The summed E-state index contributed by atoms with van der Waals surface area (Å²) in [6.07, 6.45) is 3.49. The fraction of sp³-hybridized carbons (Fsp3) is 0.350. The quantitative estimate of drug-likeness (QED) is 0.876. The highest BCUT2D eigenvalue weighted by molar-refractivity contribution is 6.08. The maximum atomic E-state index is 12.4. The number of nitrogens with one attached hydrogen (secondary N) is 1. The lowest BCUT2D eigenvalue weighted by Crippen LogP contribution is -2.38. The van der Waals surface area contributed by atoms with E-state index in [0.717, 1.165) is 41.4 Å². The summed E-state index contributed by atoms with van der Waals surface area (Å²) in [5.74, 6) is -1.12. The smallest absolute Gasteiger partial charge is 0.244 e. The van der Waals surface area contributed by atoms with Gasteiger partial charge < -0.3 is 5.32 Å². The van der Waals surface area contributed by atoms with Crippen molar-refractivity contribution in [1.29, 1.82) is 0 Å². The Kier molecular flexibility index (Phi) is 3.99. The second-order valence-electron chi connectivity index (χ2n) is 6.87. The third-order valence-corrected chi connectivity index (χ3v) is 5.27. The zero-order valence-electron chi connectivity index (χ0n) is 13.9. The van der Waals surface area contributed by atoms with Crippen molar-refractivity contribution in [3.05, 3.63) is 42.5 Å². The fourth-order valence-corrected chi connectivity index (χ4v) is 4.00. The van der Waals surface area contributed by atoms with Crippen LogP contribution >= 0.6 is 0 Å². The van der Waals surface area contributed by atoms with Crippen molar-refractivity contribution in [2.45, 2.75) is 25.7 Å². The third kappa shape index (κ3) is 2.90. The van der Waals surface area contributed by atoms with Crippen LogP contribution in [0.25, 0.3) is 10.8 Å². The highest BCUT2D eigenvalue weighted by Crippen LogP contribution is 2.37. The minimum absolute atomic E-state index is 0.177.